The number of ether oxygens (including phenoxy) is 1. The number of esters is 1. The maximum Gasteiger partial charge on any atom is 0.339 e. The van der Waals surface area contributed by atoms with Crippen molar-refractivity contribution in [3.8, 4) is 0 Å². The van der Waals surface area contributed by atoms with E-state index in [-0.39, 0.29) is 17.3 Å². The molecular weight excluding hydrogens is 395 g/mol. The molecule has 0 spiro atoms. The molecule has 0 radical (unpaired) electrons. The summed E-state index contributed by atoms with van der Waals surface area (Å²) < 4.78 is 18.8. The van der Waals surface area contributed by atoms with Crippen LogP contribution in [-0.4, -0.2) is 31.1 Å². The number of carbonyl (C=O) groups excluding carboxylic acids is 3. The maximum absolute atomic E-state index is 13.8. The summed E-state index contributed by atoms with van der Waals surface area (Å²) in [5.74, 6) is -1.15. The van der Waals surface area contributed by atoms with Crippen molar-refractivity contribution in [2.45, 2.75) is 24.5 Å². The first-order valence-electron chi connectivity index (χ1n) is 9.07. The second-order valence-corrected chi connectivity index (χ2v) is 7.62. The van der Waals surface area contributed by atoms with Crippen molar-refractivity contribution in [3.63, 3.8) is 0 Å². The number of amides is 3. The summed E-state index contributed by atoms with van der Waals surface area (Å²) in [5.41, 5.74) is 0.790. The van der Waals surface area contributed by atoms with Gasteiger partial charge in [-0.15, -0.1) is 11.8 Å². The zero-order chi connectivity index (χ0) is 21.2. The predicted molar refractivity (Wildman–Crippen MR) is 109 cm³/mol. The monoisotopic (exact) mass is 418 g/mol. The van der Waals surface area contributed by atoms with Crippen molar-refractivity contribution in [3.05, 3.63) is 65.5 Å². The molecule has 6 nitrogen and oxygen atoms in total. The lowest BCUT2D eigenvalue weighted by atomic mass is 10.2. The molecule has 2 rings (SSSR count). The van der Waals surface area contributed by atoms with Gasteiger partial charge in [0.15, 0.2) is 6.61 Å². The number of benzene rings is 2. The van der Waals surface area contributed by atoms with Gasteiger partial charge in [-0.2, -0.15) is 0 Å². The number of imide groups is 1. The van der Waals surface area contributed by atoms with Crippen LogP contribution in [0.4, 0.5) is 9.18 Å². The van der Waals surface area contributed by atoms with Gasteiger partial charge in [0.1, 0.15) is 5.82 Å². The number of nitrogens with one attached hydrogen (secondary N) is 2. The van der Waals surface area contributed by atoms with Crippen LogP contribution in [0.1, 0.15) is 29.8 Å². The third-order valence-corrected chi connectivity index (χ3v) is 4.83. The Labute approximate surface area is 173 Å². The van der Waals surface area contributed by atoms with Gasteiger partial charge in [-0.3, -0.25) is 10.1 Å². The van der Waals surface area contributed by atoms with E-state index < -0.39 is 24.5 Å². The fraction of sp³-hybridized carbons (Fsp3) is 0.286. The first kappa shape index (κ1) is 22.4. The average molecular weight is 418 g/mol. The highest BCUT2D eigenvalue weighted by molar-refractivity contribution is 7.98. The molecule has 0 aliphatic heterocycles. The number of carbonyl (C=O) groups is 3. The van der Waals surface area contributed by atoms with Crippen molar-refractivity contribution in [2.75, 3.05) is 13.2 Å². The smallest absolute Gasteiger partial charge is 0.339 e. The molecule has 0 aliphatic rings. The summed E-state index contributed by atoms with van der Waals surface area (Å²) in [7, 11) is 0. The van der Waals surface area contributed by atoms with Crippen LogP contribution in [0.25, 0.3) is 0 Å². The molecule has 2 aromatic carbocycles. The SMILES string of the molecule is CC(C)CNC(=O)NC(=O)COC(=O)c1ccccc1SCc1ccccc1F. The molecule has 0 saturated heterocycles. The van der Waals surface area contributed by atoms with Gasteiger partial charge in [0.25, 0.3) is 5.91 Å². The van der Waals surface area contributed by atoms with Gasteiger partial charge in [0.2, 0.25) is 0 Å². The summed E-state index contributed by atoms with van der Waals surface area (Å²) in [6.45, 7) is 3.68. The Morgan fingerprint density at radius 1 is 1.07 bits per heavy atom. The van der Waals surface area contributed by atoms with Crippen molar-refractivity contribution in [1.29, 1.82) is 0 Å². The first-order chi connectivity index (χ1) is 13.9. The highest BCUT2D eigenvalue weighted by Crippen LogP contribution is 2.27. The van der Waals surface area contributed by atoms with E-state index in [4.69, 9.17) is 4.74 Å². The van der Waals surface area contributed by atoms with E-state index >= 15 is 0 Å². The van der Waals surface area contributed by atoms with Crippen molar-refractivity contribution in [1.82, 2.24) is 10.6 Å². The van der Waals surface area contributed by atoms with Crippen LogP contribution in [0.5, 0.6) is 0 Å². The van der Waals surface area contributed by atoms with Crippen molar-refractivity contribution >= 4 is 29.7 Å². The largest absolute Gasteiger partial charge is 0.452 e. The lowest BCUT2D eigenvalue weighted by Gasteiger charge is -2.11. The molecule has 0 fully saturated rings. The van der Waals surface area contributed by atoms with Crippen LogP contribution >= 0.6 is 11.8 Å². The summed E-state index contributed by atoms with van der Waals surface area (Å²) in [6, 6.07) is 12.5. The van der Waals surface area contributed by atoms with Crippen LogP contribution in [0.2, 0.25) is 0 Å². The Hall–Kier alpha value is -2.87. The predicted octanol–water partition coefficient (Wildman–Crippen LogP) is 3.76. The van der Waals surface area contributed by atoms with E-state index in [9.17, 15) is 18.8 Å². The molecule has 0 aliphatic carbocycles. The zero-order valence-corrected chi connectivity index (χ0v) is 17.1. The third kappa shape index (κ3) is 7.57. The van der Waals surface area contributed by atoms with Crippen LogP contribution in [0, 0.1) is 11.7 Å². The lowest BCUT2D eigenvalue weighted by molar-refractivity contribution is -0.123. The Kier molecular flexibility index (Phi) is 8.67. The van der Waals surface area contributed by atoms with Gasteiger partial charge in [-0.25, -0.2) is 14.0 Å². The second-order valence-electron chi connectivity index (χ2n) is 6.60. The minimum absolute atomic E-state index is 0.243. The summed E-state index contributed by atoms with van der Waals surface area (Å²) in [6.07, 6.45) is 0. The Morgan fingerprint density at radius 3 is 2.48 bits per heavy atom. The second kappa shape index (κ2) is 11.2. The van der Waals surface area contributed by atoms with E-state index in [1.165, 1.54) is 17.8 Å². The van der Waals surface area contributed by atoms with E-state index in [2.05, 4.69) is 10.6 Å². The van der Waals surface area contributed by atoms with E-state index in [1.807, 2.05) is 13.8 Å². The number of urea groups is 1. The first-order valence-corrected chi connectivity index (χ1v) is 10.1. The van der Waals surface area contributed by atoms with E-state index in [1.54, 1.807) is 42.5 Å². The molecule has 2 N–H and O–H groups in total. The molecule has 3 amide bonds. The molecule has 0 bridgehead atoms. The molecule has 0 aromatic heterocycles. The lowest BCUT2D eigenvalue weighted by Crippen LogP contribution is -2.42. The molecular formula is C21H23FN2O4S. The van der Waals surface area contributed by atoms with E-state index in [0.717, 1.165) is 0 Å². The molecule has 0 atom stereocenters. The molecule has 29 heavy (non-hydrogen) atoms. The third-order valence-electron chi connectivity index (χ3n) is 3.71. The average Bonchev–Trinajstić information content (AvgIpc) is 2.70. The Morgan fingerprint density at radius 2 is 1.76 bits per heavy atom. The minimum Gasteiger partial charge on any atom is -0.452 e. The zero-order valence-electron chi connectivity index (χ0n) is 16.2. The van der Waals surface area contributed by atoms with Crippen LogP contribution in [0.15, 0.2) is 53.4 Å². The molecule has 2 aromatic rings. The minimum atomic E-state index is -0.726. The summed E-state index contributed by atoms with van der Waals surface area (Å²) in [5, 5.41) is 4.63. The normalized spacial score (nSPS) is 10.5. The Balaban J connectivity index is 1.90. The van der Waals surface area contributed by atoms with Gasteiger partial charge in [-0.1, -0.05) is 44.2 Å². The van der Waals surface area contributed by atoms with Crippen LogP contribution in [0.3, 0.4) is 0 Å². The number of rotatable bonds is 8. The quantitative estimate of drug-likeness (QED) is 0.504. The van der Waals surface area contributed by atoms with Gasteiger partial charge < -0.3 is 10.1 Å². The molecule has 0 saturated carbocycles. The maximum atomic E-state index is 13.8. The van der Waals surface area contributed by atoms with Gasteiger partial charge in [0.05, 0.1) is 5.56 Å². The molecule has 154 valence electrons. The van der Waals surface area contributed by atoms with Gasteiger partial charge in [0, 0.05) is 17.2 Å². The molecule has 0 heterocycles. The topological polar surface area (TPSA) is 84.5 Å². The Bertz CT molecular complexity index is 873. The fourth-order valence-electron chi connectivity index (χ4n) is 2.24. The van der Waals surface area contributed by atoms with E-state index in [0.29, 0.717) is 22.8 Å². The number of thioether (sulfide) groups is 1. The number of hydrogen-bond acceptors (Lipinski definition) is 5. The highest BCUT2D eigenvalue weighted by atomic mass is 32.2. The number of hydrogen-bond donors (Lipinski definition) is 2. The summed E-state index contributed by atoms with van der Waals surface area (Å²) in [4.78, 5) is 36.3. The van der Waals surface area contributed by atoms with Crippen molar-refractivity contribution in [2.24, 2.45) is 5.92 Å². The summed E-state index contributed by atoms with van der Waals surface area (Å²) >= 11 is 1.29. The molecule has 8 heteroatoms. The van der Waals surface area contributed by atoms with Crippen LogP contribution in [-0.2, 0) is 15.3 Å². The standard InChI is InChI=1S/C21H23FN2O4S/c1-14(2)11-23-21(27)24-19(25)12-28-20(26)16-8-4-6-10-18(16)29-13-15-7-3-5-9-17(15)22/h3-10,14H,11-13H2,1-2H3,(H2,23,24,25,27). The fourth-order valence-corrected chi connectivity index (χ4v) is 3.27. The van der Waals surface area contributed by atoms with Crippen molar-refractivity contribution < 1.29 is 23.5 Å². The highest BCUT2D eigenvalue weighted by Gasteiger charge is 2.16. The van der Waals surface area contributed by atoms with Crippen LogP contribution < -0.4 is 10.6 Å². The van der Waals surface area contributed by atoms with Gasteiger partial charge >= 0.3 is 12.0 Å². The number of halogens is 1. The molecule has 0 unspecified atom stereocenters. The van der Waals surface area contributed by atoms with Gasteiger partial charge in [-0.05, 0) is 29.7 Å².